The highest BCUT2D eigenvalue weighted by atomic mass is 16.3. The summed E-state index contributed by atoms with van der Waals surface area (Å²) < 4.78 is 0. The maximum atomic E-state index is 10.2. The molecular weight excluding hydrogens is 314 g/mol. The Morgan fingerprint density at radius 3 is 2.92 bits per heavy atom. The number of likely N-dealkylation sites (N-methyl/N-ethyl adjacent to an activating group) is 1. The number of phenols is 1. The number of aromatic nitrogens is 3. The van der Waals surface area contributed by atoms with Crippen LogP contribution >= 0.6 is 0 Å². The van der Waals surface area contributed by atoms with E-state index in [2.05, 4.69) is 38.2 Å². The van der Waals surface area contributed by atoms with Crippen LogP contribution in [0.2, 0.25) is 0 Å². The van der Waals surface area contributed by atoms with E-state index in [1.807, 2.05) is 6.92 Å². The van der Waals surface area contributed by atoms with Crippen molar-refractivity contribution in [2.24, 2.45) is 0 Å². The van der Waals surface area contributed by atoms with Crippen molar-refractivity contribution in [3.05, 3.63) is 29.5 Å². The highest BCUT2D eigenvalue weighted by Crippen LogP contribution is 2.30. The molecule has 130 valence electrons. The Morgan fingerprint density at radius 2 is 2.24 bits per heavy atom. The van der Waals surface area contributed by atoms with Gasteiger partial charge in [-0.3, -0.25) is 0 Å². The number of hydrogen-bond acceptors (Lipinski definition) is 6. The fourth-order valence-electron chi connectivity index (χ4n) is 3.18. The summed E-state index contributed by atoms with van der Waals surface area (Å²) in [4.78, 5) is 6.94. The molecule has 2 N–H and O–H groups in total. The number of terminal acetylenes is 1. The third-order valence-corrected chi connectivity index (χ3v) is 4.57. The lowest BCUT2D eigenvalue weighted by Crippen LogP contribution is -2.42. The summed E-state index contributed by atoms with van der Waals surface area (Å²) in [6.45, 7) is 7.25. The highest BCUT2D eigenvalue weighted by molar-refractivity contribution is 5.69. The van der Waals surface area contributed by atoms with E-state index in [1.54, 1.807) is 18.2 Å². The molecule has 1 aromatic carbocycles. The van der Waals surface area contributed by atoms with Crippen LogP contribution in [0.5, 0.6) is 5.75 Å². The summed E-state index contributed by atoms with van der Waals surface area (Å²) in [5.41, 5.74) is 2.48. The van der Waals surface area contributed by atoms with E-state index < -0.39 is 0 Å². The van der Waals surface area contributed by atoms with Crippen LogP contribution in [0, 0.1) is 19.3 Å². The van der Waals surface area contributed by atoms with Crippen LogP contribution in [0.1, 0.15) is 31.0 Å². The minimum atomic E-state index is 0.0845. The molecule has 1 saturated heterocycles. The Morgan fingerprint density at radius 1 is 1.40 bits per heavy atom. The number of aromatic hydroxyl groups is 1. The van der Waals surface area contributed by atoms with Gasteiger partial charge >= 0.3 is 0 Å². The van der Waals surface area contributed by atoms with E-state index in [4.69, 9.17) is 6.42 Å². The number of hydrogen-bond donors (Lipinski definition) is 2. The molecule has 0 spiro atoms. The maximum absolute atomic E-state index is 10.2. The summed E-state index contributed by atoms with van der Waals surface area (Å²) in [7, 11) is 0. The molecule has 0 amide bonds. The van der Waals surface area contributed by atoms with Gasteiger partial charge in [0, 0.05) is 23.7 Å². The number of nitrogens with one attached hydrogen (secondary N) is 1. The van der Waals surface area contributed by atoms with E-state index in [0.29, 0.717) is 34.5 Å². The second-order valence-electron chi connectivity index (χ2n) is 6.32. The zero-order valence-electron chi connectivity index (χ0n) is 14.7. The predicted molar refractivity (Wildman–Crippen MR) is 98.4 cm³/mol. The average Bonchev–Trinajstić information content (AvgIpc) is 2.62. The summed E-state index contributed by atoms with van der Waals surface area (Å²) >= 11 is 0. The lowest BCUT2D eigenvalue weighted by molar-refractivity contribution is 0.226. The molecule has 3 rings (SSSR count). The lowest BCUT2D eigenvalue weighted by atomic mass is 10.1. The van der Waals surface area contributed by atoms with E-state index in [-0.39, 0.29) is 5.75 Å². The summed E-state index contributed by atoms with van der Waals surface area (Å²) in [6.07, 6.45) is 7.63. The SMILES string of the molecule is C#Cc1ccc(-c2nnc(N[C@@H]3CCCN(CC)C3)nc2C)c(O)c1. The molecule has 1 aliphatic heterocycles. The fourth-order valence-corrected chi connectivity index (χ4v) is 3.18. The van der Waals surface area contributed by atoms with Crippen molar-refractivity contribution in [1.29, 1.82) is 0 Å². The number of phenolic OH excluding ortho intramolecular Hbond substituents is 1. The molecule has 0 aliphatic carbocycles. The van der Waals surface area contributed by atoms with Crippen molar-refractivity contribution in [3.8, 4) is 29.4 Å². The van der Waals surface area contributed by atoms with Gasteiger partial charge in [-0.15, -0.1) is 16.6 Å². The summed E-state index contributed by atoms with van der Waals surface area (Å²) in [5.74, 6) is 3.11. The zero-order valence-corrected chi connectivity index (χ0v) is 14.7. The molecule has 1 atom stereocenters. The molecule has 1 fully saturated rings. The monoisotopic (exact) mass is 337 g/mol. The van der Waals surface area contributed by atoms with Crippen LogP contribution in [0.15, 0.2) is 18.2 Å². The predicted octanol–water partition coefficient (Wildman–Crippen LogP) is 2.43. The van der Waals surface area contributed by atoms with Gasteiger partial charge in [-0.1, -0.05) is 12.8 Å². The first-order chi connectivity index (χ1) is 12.1. The number of likely N-dealkylation sites (tertiary alicyclic amines) is 1. The fraction of sp³-hybridized carbons (Fsp3) is 0.421. The minimum absolute atomic E-state index is 0.0845. The Kier molecular flexibility index (Phi) is 5.15. The van der Waals surface area contributed by atoms with Crippen molar-refractivity contribution in [3.63, 3.8) is 0 Å². The average molecular weight is 337 g/mol. The van der Waals surface area contributed by atoms with Crippen LogP contribution in [-0.2, 0) is 0 Å². The van der Waals surface area contributed by atoms with Gasteiger partial charge in [0.05, 0.1) is 5.69 Å². The van der Waals surface area contributed by atoms with Gasteiger partial charge in [0.1, 0.15) is 11.4 Å². The van der Waals surface area contributed by atoms with Crippen molar-refractivity contribution in [2.75, 3.05) is 25.0 Å². The molecule has 2 aromatic rings. The van der Waals surface area contributed by atoms with Crippen LogP contribution in [0.3, 0.4) is 0 Å². The molecule has 6 nitrogen and oxygen atoms in total. The van der Waals surface area contributed by atoms with Gasteiger partial charge in [-0.05, 0) is 51.1 Å². The zero-order chi connectivity index (χ0) is 17.8. The van der Waals surface area contributed by atoms with E-state index >= 15 is 0 Å². The summed E-state index contributed by atoms with van der Waals surface area (Å²) in [5, 5.41) is 22.0. The van der Waals surface area contributed by atoms with E-state index in [9.17, 15) is 5.11 Å². The Bertz CT molecular complexity index is 799. The quantitative estimate of drug-likeness (QED) is 0.835. The number of nitrogens with zero attached hydrogens (tertiary/aromatic N) is 4. The van der Waals surface area contributed by atoms with Crippen LogP contribution in [0.25, 0.3) is 11.3 Å². The topological polar surface area (TPSA) is 74.2 Å². The normalized spacial score (nSPS) is 17.9. The van der Waals surface area contributed by atoms with Crippen LogP contribution in [0.4, 0.5) is 5.95 Å². The number of piperidine rings is 1. The third-order valence-electron chi connectivity index (χ3n) is 4.57. The van der Waals surface area contributed by atoms with Gasteiger partial charge in [-0.2, -0.15) is 0 Å². The van der Waals surface area contributed by atoms with Gasteiger partial charge in [0.25, 0.3) is 0 Å². The first-order valence-corrected chi connectivity index (χ1v) is 8.61. The molecular formula is C19H23N5O. The Labute approximate surface area is 148 Å². The van der Waals surface area contributed by atoms with Crippen molar-refractivity contribution in [1.82, 2.24) is 20.1 Å². The molecule has 0 unspecified atom stereocenters. The van der Waals surface area contributed by atoms with Gasteiger partial charge in [0.2, 0.25) is 5.95 Å². The van der Waals surface area contributed by atoms with Crippen molar-refractivity contribution >= 4 is 5.95 Å². The van der Waals surface area contributed by atoms with E-state index in [0.717, 1.165) is 26.1 Å². The Hall–Kier alpha value is -2.65. The molecule has 25 heavy (non-hydrogen) atoms. The molecule has 2 heterocycles. The van der Waals surface area contributed by atoms with Gasteiger partial charge in [0.15, 0.2) is 0 Å². The first-order valence-electron chi connectivity index (χ1n) is 8.61. The standard InChI is InChI=1S/C19H23N5O/c1-4-14-8-9-16(17(25)11-14)18-13(3)20-19(23-22-18)21-15-7-6-10-24(5-2)12-15/h1,8-9,11,15,25H,5-7,10,12H2,2-3H3,(H,20,21,23)/t15-/m1/s1. The van der Waals surface area contributed by atoms with Crippen LogP contribution in [-0.4, -0.2) is 50.9 Å². The second-order valence-corrected chi connectivity index (χ2v) is 6.32. The number of aryl methyl sites for hydroxylation is 1. The van der Waals surface area contributed by atoms with Gasteiger partial charge < -0.3 is 15.3 Å². The number of rotatable bonds is 4. The molecule has 1 aliphatic rings. The molecule has 0 bridgehead atoms. The molecule has 0 radical (unpaired) electrons. The first kappa shape index (κ1) is 17.2. The summed E-state index contributed by atoms with van der Waals surface area (Å²) in [6, 6.07) is 5.40. The third kappa shape index (κ3) is 3.89. The van der Waals surface area contributed by atoms with Crippen molar-refractivity contribution < 1.29 is 5.11 Å². The molecule has 6 heteroatoms. The van der Waals surface area contributed by atoms with Crippen LogP contribution < -0.4 is 5.32 Å². The highest BCUT2D eigenvalue weighted by Gasteiger charge is 2.20. The van der Waals surface area contributed by atoms with E-state index in [1.165, 1.54) is 6.42 Å². The maximum Gasteiger partial charge on any atom is 0.243 e. The molecule has 0 saturated carbocycles. The largest absolute Gasteiger partial charge is 0.507 e. The lowest BCUT2D eigenvalue weighted by Gasteiger charge is -2.32. The molecule has 1 aromatic heterocycles. The number of anilines is 1. The van der Waals surface area contributed by atoms with Crippen molar-refractivity contribution in [2.45, 2.75) is 32.7 Å². The Balaban J connectivity index is 1.78. The second kappa shape index (κ2) is 7.49. The minimum Gasteiger partial charge on any atom is -0.507 e. The smallest absolute Gasteiger partial charge is 0.243 e. The number of benzene rings is 1. The van der Waals surface area contributed by atoms with Gasteiger partial charge in [-0.25, -0.2) is 4.98 Å².